The zero-order valence-electron chi connectivity index (χ0n) is 12.7. The summed E-state index contributed by atoms with van der Waals surface area (Å²) in [6, 6.07) is 5.11. The maximum absolute atomic E-state index is 11.6. The van der Waals surface area contributed by atoms with Gasteiger partial charge in [-0.15, -0.1) is 0 Å². The van der Waals surface area contributed by atoms with Crippen molar-refractivity contribution in [3.8, 4) is 0 Å². The molecule has 7 nitrogen and oxygen atoms in total. The quantitative estimate of drug-likeness (QED) is 0.565. The van der Waals surface area contributed by atoms with Crippen molar-refractivity contribution in [2.75, 3.05) is 36.9 Å². The van der Waals surface area contributed by atoms with E-state index in [1.807, 2.05) is 13.8 Å². The second-order valence-electron chi connectivity index (χ2n) is 4.56. The Balaban J connectivity index is 3.25. The van der Waals surface area contributed by atoms with Gasteiger partial charge in [0, 0.05) is 20.1 Å². The Kier molecular flexibility index (Phi) is 6.45. The summed E-state index contributed by atoms with van der Waals surface area (Å²) in [5, 5.41) is 17.0. The molecule has 0 fully saturated rings. The standard InChI is InChI=1S/C14H22N4O3/c1-4-9-17(10-13(19)15-3)12-8-6-7-11(16-5-2)14(12)18(20)21/h6-8,16H,4-5,9-10H2,1-3H3,(H,15,19). The van der Waals surface area contributed by atoms with Crippen molar-refractivity contribution in [2.24, 2.45) is 0 Å². The molecule has 0 aliphatic carbocycles. The highest BCUT2D eigenvalue weighted by molar-refractivity contribution is 5.84. The molecule has 0 saturated heterocycles. The number of hydrogen-bond acceptors (Lipinski definition) is 5. The second-order valence-corrected chi connectivity index (χ2v) is 4.56. The lowest BCUT2D eigenvalue weighted by atomic mass is 10.2. The average Bonchev–Trinajstić information content (AvgIpc) is 2.46. The minimum atomic E-state index is -0.403. The third-order valence-corrected chi connectivity index (χ3v) is 3.01. The summed E-state index contributed by atoms with van der Waals surface area (Å²) in [6.45, 7) is 5.11. The summed E-state index contributed by atoms with van der Waals surface area (Å²) < 4.78 is 0. The van der Waals surface area contributed by atoms with E-state index >= 15 is 0 Å². The van der Waals surface area contributed by atoms with Gasteiger partial charge in [-0.2, -0.15) is 0 Å². The van der Waals surface area contributed by atoms with Gasteiger partial charge in [0.15, 0.2) is 0 Å². The van der Waals surface area contributed by atoms with Crippen LogP contribution in [0.2, 0.25) is 0 Å². The highest BCUT2D eigenvalue weighted by atomic mass is 16.6. The number of para-hydroxylation sites is 1. The highest BCUT2D eigenvalue weighted by Gasteiger charge is 2.24. The Morgan fingerprint density at radius 2 is 2.10 bits per heavy atom. The Hall–Kier alpha value is -2.31. The van der Waals surface area contributed by atoms with Crippen molar-refractivity contribution in [1.82, 2.24) is 5.32 Å². The third kappa shape index (κ3) is 4.34. The molecule has 1 amide bonds. The number of likely N-dealkylation sites (N-methyl/N-ethyl adjacent to an activating group) is 1. The third-order valence-electron chi connectivity index (χ3n) is 3.01. The van der Waals surface area contributed by atoms with Gasteiger partial charge in [0.2, 0.25) is 5.91 Å². The van der Waals surface area contributed by atoms with Crippen molar-refractivity contribution < 1.29 is 9.72 Å². The van der Waals surface area contributed by atoms with Gasteiger partial charge in [-0.25, -0.2) is 0 Å². The zero-order chi connectivity index (χ0) is 15.8. The fraction of sp³-hybridized carbons (Fsp3) is 0.500. The molecule has 0 saturated carbocycles. The van der Waals surface area contributed by atoms with Gasteiger partial charge in [0.1, 0.15) is 11.4 Å². The monoisotopic (exact) mass is 294 g/mol. The second kappa shape index (κ2) is 8.08. The first kappa shape index (κ1) is 16.7. The van der Waals surface area contributed by atoms with Crippen molar-refractivity contribution in [3.63, 3.8) is 0 Å². The zero-order valence-corrected chi connectivity index (χ0v) is 12.7. The summed E-state index contributed by atoms with van der Waals surface area (Å²) in [6.07, 6.45) is 0.791. The fourth-order valence-electron chi connectivity index (χ4n) is 2.12. The molecule has 1 aromatic rings. The summed E-state index contributed by atoms with van der Waals surface area (Å²) in [5.74, 6) is -0.174. The first-order valence-corrected chi connectivity index (χ1v) is 7.01. The van der Waals surface area contributed by atoms with Crippen LogP contribution in [0.5, 0.6) is 0 Å². The number of amides is 1. The van der Waals surface area contributed by atoms with Crippen LogP contribution < -0.4 is 15.5 Å². The first-order chi connectivity index (χ1) is 10.0. The largest absolute Gasteiger partial charge is 0.380 e. The van der Waals surface area contributed by atoms with Crippen molar-refractivity contribution in [2.45, 2.75) is 20.3 Å². The molecular weight excluding hydrogens is 272 g/mol. The Bertz CT molecular complexity index is 505. The van der Waals surface area contributed by atoms with Crippen LogP contribution in [-0.2, 0) is 4.79 Å². The molecule has 1 aromatic carbocycles. The molecule has 0 spiro atoms. The lowest BCUT2D eigenvalue weighted by Crippen LogP contribution is -2.36. The van der Waals surface area contributed by atoms with Gasteiger partial charge in [-0.3, -0.25) is 14.9 Å². The minimum Gasteiger partial charge on any atom is -0.380 e. The summed E-state index contributed by atoms with van der Waals surface area (Å²) >= 11 is 0. The van der Waals surface area contributed by atoms with Crippen LogP contribution >= 0.6 is 0 Å². The predicted molar refractivity (Wildman–Crippen MR) is 83.8 cm³/mol. The van der Waals surface area contributed by atoms with Crippen LogP contribution in [-0.4, -0.2) is 37.5 Å². The van der Waals surface area contributed by atoms with Crippen LogP contribution in [0.15, 0.2) is 18.2 Å². The normalized spacial score (nSPS) is 10.0. The lowest BCUT2D eigenvalue weighted by Gasteiger charge is -2.24. The van der Waals surface area contributed by atoms with E-state index in [0.29, 0.717) is 24.5 Å². The van der Waals surface area contributed by atoms with Gasteiger partial charge in [0.25, 0.3) is 0 Å². The van der Waals surface area contributed by atoms with E-state index in [2.05, 4.69) is 10.6 Å². The maximum atomic E-state index is 11.6. The Morgan fingerprint density at radius 1 is 1.38 bits per heavy atom. The van der Waals surface area contributed by atoms with Crippen molar-refractivity contribution in [1.29, 1.82) is 0 Å². The molecule has 0 radical (unpaired) electrons. The predicted octanol–water partition coefficient (Wildman–Crippen LogP) is 1.99. The number of rotatable bonds is 8. The fourth-order valence-corrected chi connectivity index (χ4v) is 2.12. The molecule has 0 heterocycles. The van der Waals surface area contributed by atoms with Crippen molar-refractivity contribution in [3.05, 3.63) is 28.3 Å². The number of carbonyl (C=O) groups excluding carboxylic acids is 1. The molecule has 0 aromatic heterocycles. The smallest absolute Gasteiger partial charge is 0.315 e. The van der Waals surface area contributed by atoms with Gasteiger partial charge >= 0.3 is 5.69 Å². The Morgan fingerprint density at radius 3 is 2.62 bits per heavy atom. The summed E-state index contributed by atoms with van der Waals surface area (Å²) in [5.41, 5.74) is 0.943. The lowest BCUT2D eigenvalue weighted by molar-refractivity contribution is -0.383. The highest BCUT2D eigenvalue weighted by Crippen LogP contribution is 2.35. The molecular formula is C14H22N4O3. The number of carbonyl (C=O) groups is 1. The molecule has 0 aliphatic heterocycles. The van der Waals surface area contributed by atoms with Crippen LogP contribution in [0.25, 0.3) is 0 Å². The average molecular weight is 294 g/mol. The topological polar surface area (TPSA) is 87.5 Å². The van der Waals surface area contributed by atoms with E-state index in [-0.39, 0.29) is 18.1 Å². The minimum absolute atomic E-state index is 0.0108. The molecule has 7 heteroatoms. The molecule has 0 atom stereocenters. The number of nitrogens with zero attached hydrogens (tertiary/aromatic N) is 2. The van der Waals surface area contributed by atoms with Gasteiger partial charge in [-0.1, -0.05) is 13.0 Å². The number of nitro benzene ring substituents is 1. The molecule has 0 unspecified atom stereocenters. The maximum Gasteiger partial charge on any atom is 0.315 e. The first-order valence-electron chi connectivity index (χ1n) is 7.01. The number of hydrogen-bond donors (Lipinski definition) is 2. The van der Waals surface area contributed by atoms with E-state index < -0.39 is 4.92 Å². The molecule has 1 rings (SSSR count). The van der Waals surface area contributed by atoms with Crippen LogP contribution in [0.4, 0.5) is 17.1 Å². The van der Waals surface area contributed by atoms with E-state index in [0.717, 1.165) is 6.42 Å². The van der Waals surface area contributed by atoms with E-state index in [1.54, 1.807) is 30.1 Å². The van der Waals surface area contributed by atoms with E-state index in [9.17, 15) is 14.9 Å². The molecule has 116 valence electrons. The Labute approximate surface area is 124 Å². The number of anilines is 2. The van der Waals surface area contributed by atoms with Gasteiger partial charge in [-0.05, 0) is 25.5 Å². The molecule has 0 aliphatic rings. The van der Waals surface area contributed by atoms with Crippen molar-refractivity contribution >= 4 is 23.0 Å². The molecule has 2 N–H and O–H groups in total. The van der Waals surface area contributed by atoms with E-state index in [1.165, 1.54) is 0 Å². The van der Waals surface area contributed by atoms with Gasteiger partial charge in [0.05, 0.1) is 11.5 Å². The summed E-state index contributed by atoms with van der Waals surface area (Å²) in [7, 11) is 1.55. The van der Waals surface area contributed by atoms with Gasteiger partial charge < -0.3 is 15.5 Å². The SMILES string of the molecule is CCCN(CC(=O)NC)c1cccc(NCC)c1[N+](=O)[O-]. The number of nitro groups is 1. The van der Waals surface area contributed by atoms with Crippen LogP contribution in [0.1, 0.15) is 20.3 Å². The number of benzene rings is 1. The van der Waals surface area contributed by atoms with Crippen LogP contribution in [0.3, 0.4) is 0 Å². The molecule has 21 heavy (non-hydrogen) atoms. The summed E-state index contributed by atoms with van der Waals surface area (Å²) in [4.78, 5) is 24.4. The van der Waals surface area contributed by atoms with E-state index in [4.69, 9.17) is 0 Å². The molecule has 0 bridgehead atoms. The number of nitrogens with one attached hydrogen (secondary N) is 2. The van der Waals surface area contributed by atoms with Crippen LogP contribution in [0, 0.1) is 10.1 Å².